The number of carbonyl (C=O) groups is 1. The van der Waals surface area contributed by atoms with Crippen molar-refractivity contribution in [3.63, 3.8) is 0 Å². The van der Waals surface area contributed by atoms with Gasteiger partial charge in [0.1, 0.15) is 4.60 Å². The fourth-order valence-electron chi connectivity index (χ4n) is 1.76. The van der Waals surface area contributed by atoms with Gasteiger partial charge in [0, 0.05) is 12.6 Å². The van der Waals surface area contributed by atoms with Gasteiger partial charge in [0.25, 0.3) is 0 Å². The van der Waals surface area contributed by atoms with Crippen LogP contribution in [0.15, 0.2) is 22.9 Å². The number of amides is 1. The number of pyridine rings is 1. The molecule has 3 nitrogen and oxygen atoms in total. The normalized spacial score (nSPS) is 10.3. The minimum absolute atomic E-state index is 0.0687. The van der Waals surface area contributed by atoms with E-state index in [0.717, 1.165) is 18.5 Å². The summed E-state index contributed by atoms with van der Waals surface area (Å²) in [6, 6.07) is 3.65. The van der Waals surface area contributed by atoms with Crippen molar-refractivity contribution >= 4 is 27.5 Å². The van der Waals surface area contributed by atoms with Crippen LogP contribution in [-0.4, -0.2) is 10.9 Å². The lowest BCUT2D eigenvalue weighted by Gasteiger charge is -2.06. The third kappa shape index (κ3) is 6.15. The zero-order valence-corrected chi connectivity index (χ0v) is 12.5. The first-order chi connectivity index (χ1) is 8.74. The first-order valence-electron chi connectivity index (χ1n) is 6.64. The van der Waals surface area contributed by atoms with Crippen molar-refractivity contribution in [3.8, 4) is 0 Å². The monoisotopic (exact) mass is 312 g/mol. The predicted molar refractivity (Wildman–Crippen MR) is 78.6 cm³/mol. The number of nitrogens with one attached hydrogen (secondary N) is 1. The quantitative estimate of drug-likeness (QED) is 0.566. The molecule has 1 aromatic rings. The number of rotatable bonds is 8. The van der Waals surface area contributed by atoms with Crippen molar-refractivity contribution < 1.29 is 4.79 Å². The number of carbonyl (C=O) groups excluding carboxylic acids is 1. The molecule has 100 valence electrons. The average molecular weight is 313 g/mol. The molecule has 1 N–H and O–H groups in total. The summed E-state index contributed by atoms with van der Waals surface area (Å²) in [7, 11) is 0. The zero-order chi connectivity index (χ0) is 13.2. The lowest BCUT2D eigenvalue weighted by molar-refractivity contribution is -0.116. The Bertz CT molecular complexity index is 369. The summed E-state index contributed by atoms with van der Waals surface area (Å²) >= 11 is 3.31. The highest BCUT2D eigenvalue weighted by Gasteiger charge is 2.05. The van der Waals surface area contributed by atoms with Gasteiger partial charge in [0.05, 0.1) is 5.69 Å². The second-order valence-electron chi connectivity index (χ2n) is 4.41. The van der Waals surface area contributed by atoms with Crippen LogP contribution in [0.2, 0.25) is 0 Å². The fraction of sp³-hybridized carbons (Fsp3) is 0.571. The van der Waals surface area contributed by atoms with Gasteiger partial charge in [-0.05, 0) is 34.5 Å². The Morgan fingerprint density at radius 2 is 2.00 bits per heavy atom. The van der Waals surface area contributed by atoms with Crippen LogP contribution in [0.1, 0.15) is 51.9 Å². The highest BCUT2D eigenvalue weighted by atomic mass is 79.9. The van der Waals surface area contributed by atoms with E-state index < -0.39 is 0 Å². The molecule has 1 amide bonds. The summed E-state index contributed by atoms with van der Waals surface area (Å²) in [6.07, 6.45) is 9.46. The number of aromatic nitrogens is 1. The maximum absolute atomic E-state index is 11.7. The van der Waals surface area contributed by atoms with Gasteiger partial charge in [0.2, 0.25) is 5.91 Å². The molecule has 0 radical (unpaired) electrons. The molecule has 0 saturated carbocycles. The second kappa shape index (κ2) is 9.09. The van der Waals surface area contributed by atoms with Crippen molar-refractivity contribution in [2.45, 2.75) is 51.9 Å². The van der Waals surface area contributed by atoms with E-state index in [2.05, 4.69) is 33.2 Å². The molecule has 0 atom stereocenters. The Morgan fingerprint density at radius 1 is 1.28 bits per heavy atom. The smallest absolute Gasteiger partial charge is 0.224 e. The van der Waals surface area contributed by atoms with E-state index in [1.54, 1.807) is 6.20 Å². The number of hydrogen-bond acceptors (Lipinski definition) is 2. The van der Waals surface area contributed by atoms with Crippen molar-refractivity contribution in [2.75, 3.05) is 5.32 Å². The Hall–Kier alpha value is -0.900. The van der Waals surface area contributed by atoms with Gasteiger partial charge in [-0.15, -0.1) is 0 Å². The molecule has 0 aliphatic carbocycles. The summed E-state index contributed by atoms with van der Waals surface area (Å²) in [4.78, 5) is 15.8. The molecule has 0 bridgehead atoms. The Morgan fingerprint density at radius 3 is 2.72 bits per heavy atom. The second-order valence-corrected chi connectivity index (χ2v) is 5.16. The molecule has 4 heteroatoms. The molecule has 0 aliphatic heterocycles. The van der Waals surface area contributed by atoms with E-state index in [1.165, 1.54) is 25.7 Å². The maximum atomic E-state index is 11.7. The predicted octanol–water partition coefficient (Wildman–Crippen LogP) is 4.53. The molecular weight excluding hydrogens is 292 g/mol. The number of nitrogens with zero attached hydrogens (tertiary/aromatic N) is 1. The number of unbranched alkanes of at least 4 members (excludes halogenated alkanes) is 5. The van der Waals surface area contributed by atoms with Crippen LogP contribution < -0.4 is 5.32 Å². The molecule has 0 aromatic carbocycles. The summed E-state index contributed by atoms with van der Waals surface area (Å²) < 4.78 is 0.682. The molecule has 0 unspecified atom stereocenters. The SMILES string of the molecule is CCCCCCCCC(=O)Nc1cccnc1Br. The van der Waals surface area contributed by atoms with E-state index >= 15 is 0 Å². The largest absolute Gasteiger partial charge is 0.324 e. The van der Waals surface area contributed by atoms with E-state index in [9.17, 15) is 4.79 Å². The summed E-state index contributed by atoms with van der Waals surface area (Å²) in [6.45, 7) is 2.21. The van der Waals surface area contributed by atoms with Crippen molar-refractivity contribution in [1.29, 1.82) is 0 Å². The van der Waals surface area contributed by atoms with E-state index in [0.29, 0.717) is 11.0 Å². The van der Waals surface area contributed by atoms with E-state index in [-0.39, 0.29) is 5.91 Å². The molecule has 0 aliphatic rings. The van der Waals surface area contributed by atoms with Crippen LogP contribution in [0.3, 0.4) is 0 Å². The summed E-state index contributed by atoms with van der Waals surface area (Å²) in [5.41, 5.74) is 0.744. The van der Waals surface area contributed by atoms with E-state index in [1.807, 2.05) is 12.1 Å². The molecule has 1 rings (SSSR count). The third-order valence-corrected chi connectivity index (χ3v) is 3.42. The summed E-state index contributed by atoms with van der Waals surface area (Å²) in [5, 5.41) is 2.86. The molecule has 18 heavy (non-hydrogen) atoms. The van der Waals surface area contributed by atoms with Crippen molar-refractivity contribution in [2.24, 2.45) is 0 Å². The van der Waals surface area contributed by atoms with Crippen LogP contribution in [0, 0.1) is 0 Å². The topological polar surface area (TPSA) is 42.0 Å². The van der Waals surface area contributed by atoms with Crippen molar-refractivity contribution in [1.82, 2.24) is 4.98 Å². The zero-order valence-electron chi connectivity index (χ0n) is 10.9. The lowest BCUT2D eigenvalue weighted by atomic mass is 10.1. The highest BCUT2D eigenvalue weighted by molar-refractivity contribution is 9.10. The number of halogens is 1. The minimum atomic E-state index is 0.0687. The van der Waals surface area contributed by atoms with Crippen LogP contribution in [0.25, 0.3) is 0 Å². The Labute approximate surface area is 118 Å². The van der Waals surface area contributed by atoms with Crippen LogP contribution >= 0.6 is 15.9 Å². The Kier molecular flexibility index (Phi) is 7.65. The van der Waals surface area contributed by atoms with Gasteiger partial charge in [-0.2, -0.15) is 0 Å². The molecule has 0 saturated heterocycles. The Balaban J connectivity index is 2.16. The third-order valence-electron chi connectivity index (χ3n) is 2.79. The average Bonchev–Trinajstić information content (AvgIpc) is 2.36. The standard InChI is InChI=1S/C14H21BrN2O/c1-2-3-4-5-6-7-10-13(18)17-12-9-8-11-16-14(12)15/h8-9,11H,2-7,10H2,1H3,(H,17,18). The van der Waals surface area contributed by atoms with Crippen molar-refractivity contribution in [3.05, 3.63) is 22.9 Å². The van der Waals surface area contributed by atoms with Crippen LogP contribution in [0.4, 0.5) is 5.69 Å². The number of hydrogen-bond donors (Lipinski definition) is 1. The van der Waals surface area contributed by atoms with Gasteiger partial charge < -0.3 is 5.32 Å². The van der Waals surface area contributed by atoms with Crippen LogP contribution in [-0.2, 0) is 4.79 Å². The molecule has 0 fully saturated rings. The maximum Gasteiger partial charge on any atom is 0.224 e. The van der Waals surface area contributed by atoms with Gasteiger partial charge in [-0.3, -0.25) is 4.79 Å². The lowest BCUT2D eigenvalue weighted by Crippen LogP contribution is -2.11. The first-order valence-corrected chi connectivity index (χ1v) is 7.43. The fourth-order valence-corrected chi connectivity index (χ4v) is 2.11. The molecular formula is C14H21BrN2O. The van der Waals surface area contributed by atoms with Crippen LogP contribution in [0.5, 0.6) is 0 Å². The molecule has 0 spiro atoms. The van der Waals surface area contributed by atoms with Gasteiger partial charge in [-0.1, -0.05) is 39.0 Å². The summed E-state index contributed by atoms with van der Waals surface area (Å²) in [5.74, 6) is 0.0687. The minimum Gasteiger partial charge on any atom is -0.324 e. The number of anilines is 1. The van der Waals surface area contributed by atoms with Gasteiger partial charge in [-0.25, -0.2) is 4.98 Å². The highest BCUT2D eigenvalue weighted by Crippen LogP contribution is 2.18. The van der Waals surface area contributed by atoms with Gasteiger partial charge >= 0.3 is 0 Å². The molecule has 1 heterocycles. The van der Waals surface area contributed by atoms with Gasteiger partial charge in [0.15, 0.2) is 0 Å². The van der Waals surface area contributed by atoms with E-state index in [4.69, 9.17) is 0 Å². The molecule has 1 aromatic heterocycles. The first kappa shape index (κ1) is 15.2.